The van der Waals surface area contributed by atoms with Gasteiger partial charge < -0.3 is 9.47 Å². The van der Waals surface area contributed by atoms with Crippen molar-refractivity contribution in [1.82, 2.24) is 4.98 Å². The molecule has 6 heteroatoms. The number of para-hydroxylation sites is 1. The number of halogens is 3. The van der Waals surface area contributed by atoms with Gasteiger partial charge in [-0.15, -0.1) is 0 Å². The quantitative estimate of drug-likeness (QED) is 0.727. The van der Waals surface area contributed by atoms with Gasteiger partial charge in [0.2, 0.25) is 5.88 Å². The molecule has 0 N–H and O–H groups in total. The first kappa shape index (κ1) is 18.3. The van der Waals surface area contributed by atoms with Gasteiger partial charge in [0, 0.05) is 17.9 Å². The van der Waals surface area contributed by atoms with E-state index in [2.05, 4.69) is 4.98 Å². The summed E-state index contributed by atoms with van der Waals surface area (Å²) in [6.45, 7) is 6.55. The van der Waals surface area contributed by atoms with Crippen molar-refractivity contribution < 1.29 is 22.6 Å². The summed E-state index contributed by atoms with van der Waals surface area (Å²) in [4.78, 5) is 4.25. The first-order valence-electron chi connectivity index (χ1n) is 7.64. The summed E-state index contributed by atoms with van der Waals surface area (Å²) in [5, 5.41) is 0. The van der Waals surface area contributed by atoms with Crippen molar-refractivity contribution in [2.45, 2.75) is 40.0 Å². The van der Waals surface area contributed by atoms with Gasteiger partial charge in [0.15, 0.2) is 6.10 Å². The second kappa shape index (κ2) is 7.21. The molecule has 0 amide bonds. The molecule has 0 saturated heterocycles. The van der Waals surface area contributed by atoms with Crippen molar-refractivity contribution >= 4 is 0 Å². The number of rotatable bonds is 5. The van der Waals surface area contributed by atoms with E-state index in [4.69, 9.17) is 9.47 Å². The fourth-order valence-corrected chi connectivity index (χ4v) is 2.41. The predicted molar refractivity (Wildman–Crippen MR) is 85.4 cm³/mol. The SMILES string of the molecule is CCOC(c1cc(C)nc(Oc2ccccc2C)c1C)C(F)(F)F. The van der Waals surface area contributed by atoms with Crippen LogP contribution in [0.3, 0.4) is 0 Å². The van der Waals surface area contributed by atoms with Gasteiger partial charge in [-0.2, -0.15) is 13.2 Å². The van der Waals surface area contributed by atoms with Crippen LogP contribution in [0.2, 0.25) is 0 Å². The van der Waals surface area contributed by atoms with Gasteiger partial charge >= 0.3 is 6.18 Å². The number of aromatic nitrogens is 1. The summed E-state index contributed by atoms with van der Waals surface area (Å²) in [5.41, 5.74) is 1.66. The van der Waals surface area contributed by atoms with Crippen molar-refractivity contribution in [3.8, 4) is 11.6 Å². The third-order valence-corrected chi connectivity index (χ3v) is 3.61. The van der Waals surface area contributed by atoms with E-state index in [0.29, 0.717) is 17.0 Å². The van der Waals surface area contributed by atoms with E-state index in [1.807, 2.05) is 19.1 Å². The molecule has 3 nitrogen and oxygen atoms in total. The van der Waals surface area contributed by atoms with E-state index >= 15 is 0 Å². The molecule has 0 fully saturated rings. The summed E-state index contributed by atoms with van der Waals surface area (Å²) in [5.74, 6) is 0.720. The number of hydrogen-bond acceptors (Lipinski definition) is 3. The molecule has 130 valence electrons. The highest BCUT2D eigenvalue weighted by Crippen LogP contribution is 2.40. The summed E-state index contributed by atoms with van der Waals surface area (Å²) in [6, 6.07) is 8.67. The third kappa shape index (κ3) is 4.06. The number of hydrogen-bond donors (Lipinski definition) is 0. The van der Waals surface area contributed by atoms with E-state index in [1.54, 1.807) is 26.0 Å². The lowest BCUT2D eigenvalue weighted by molar-refractivity contribution is -0.222. The van der Waals surface area contributed by atoms with Crippen LogP contribution in [0.5, 0.6) is 11.6 Å². The van der Waals surface area contributed by atoms with Gasteiger partial charge in [-0.05, 0) is 51.0 Å². The molecular formula is C18H20F3NO2. The Balaban J connectivity index is 2.48. The monoisotopic (exact) mass is 339 g/mol. The third-order valence-electron chi connectivity index (χ3n) is 3.61. The average Bonchev–Trinajstić information content (AvgIpc) is 2.49. The summed E-state index contributed by atoms with van der Waals surface area (Å²) in [7, 11) is 0. The summed E-state index contributed by atoms with van der Waals surface area (Å²) < 4.78 is 50.7. The highest BCUT2D eigenvalue weighted by Gasteiger charge is 2.43. The smallest absolute Gasteiger partial charge is 0.418 e. The van der Waals surface area contributed by atoms with E-state index in [-0.39, 0.29) is 18.1 Å². The molecule has 0 radical (unpaired) electrons. The minimum absolute atomic E-state index is 0.0282. The first-order valence-corrected chi connectivity index (χ1v) is 7.64. The molecule has 24 heavy (non-hydrogen) atoms. The highest BCUT2D eigenvalue weighted by molar-refractivity contribution is 5.42. The topological polar surface area (TPSA) is 31.4 Å². The second-order valence-corrected chi connectivity index (χ2v) is 5.53. The molecule has 1 unspecified atom stereocenters. The summed E-state index contributed by atoms with van der Waals surface area (Å²) in [6.07, 6.45) is -6.50. The molecule has 0 aliphatic carbocycles. The normalized spacial score (nSPS) is 13.0. The molecule has 1 aromatic carbocycles. The fourth-order valence-electron chi connectivity index (χ4n) is 2.41. The Morgan fingerprint density at radius 1 is 1.12 bits per heavy atom. The highest BCUT2D eigenvalue weighted by atomic mass is 19.4. The Morgan fingerprint density at radius 3 is 2.38 bits per heavy atom. The molecule has 0 bridgehead atoms. The lowest BCUT2D eigenvalue weighted by Crippen LogP contribution is -2.25. The van der Waals surface area contributed by atoms with Crippen molar-refractivity contribution in [3.05, 3.63) is 52.7 Å². The number of ether oxygens (including phenoxy) is 2. The zero-order valence-electron chi connectivity index (χ0n) is 14.1. The van der Waals surface area contributed by atoms with E-state index in [9.17, 15) is 13.2 Å². The Bertz CT molecular complexity index is 714. The van der Waals surface area contributed by atoms with Crippen molar-refractivity contribution in [2.75, 3.05) is 6.61 Å². The van der Waals surface area contributed by atoms with Crippen LogP contribution in [-0.4, -0.2) is 17.8 Å². The van der Waals surface area contributed by atoms with E-state index in [1.165, 1.54) is 13.0 Å². The van der Waals surface area contributed by atoms with Crippen LogP contribution in [0.1, 0.15) is 35.4 Å². The zero-order valence-corrected chi connectivity index (χ0v) is 14.1. The molecule has 2 aromatic rings. The zero-order chi connectivity index (χ0) is 17.9. The second-order valence-electron chi connectivity index (χ2n) is 5.53. The lowest BCUT2D eigenvalue weighted by Gasteiger charge is -2.23. The largest absolute Gasteiger partial charge is 0.438 e. The van der Waals surface area contributed by atoms with E-state index in [0.717, 1.165) is 5.56 Å². The maximum Gasteiger partial charge on any atom is 0.418 e. The van der Waals surface area contributed by atoms with Crippen LogP contribution in [-0.2, 0) is 4.74 Å². The number of nitrogens with zero attached hydrogens (tertiary/aromatic N) is 1. The van der Waals surface area contributed by atoms with Gasteiger partial charge in [0.05, 0.1) is 0 Å². The molecule has 1 atom stereocenters. The van der Waals surface area contributed by atoms with Crippen LogP contribution in [0.15, 0.2) is 30.3 Å². The molecule has 0 aliphatic rings. The van der Waals surface area contributed by atoms with Gasteiger partial charge in [-0.1, -0.05) is 18.2 Å². The number of pyridine rings is 1. The molecule has 1 heterocycles. The van der Waals surface area contributed by atoms with Crippen molar-refractivity contribution in [3.63, 3.8) is 0 Å². The fraction of sp³-hybridized carbons (Fsp3) is 0.389. The number of benzene rings is 1. The maximum absolute atomic E-state index is 13.3. The summed E-state index contributed by atoms with van der Waals surface area (Å²) >= 11 is 0. The Morgan fingerprint density at radius 2 is 1.79 bits per heavy atom. The molecular weight excluding hydrogens is 319 g/mol. The number of aryl methyl sites for hydroxylation is 2. The van der Waals surface area contributed by atoms with E-state index < -0.39 is 12.3 Å². The van der Waals surface area contributed by atoms with Gasteiger partial charge in [-0.3, -0.25) is 0 Å². The van der Waals surface area contributed by atoms with Crippen molar-refractivity contribution in [1.29, 1.82) is 0 Å². The molecule has 1 aromatic heterocycles. The Labute approximate surface area is 139 Å². The average molecular weight is 339 g/mol. The molecule has 2 rings (SSSR count). The Hall–Kier alpha value is -2.08. The Kier molecular flexibility index (Phi) is 5.49. The van der Waals surface area contributed by atoms with Crippen LogP contribution in [0.25, 0.3) is 0 Å². The number of alkyl halides is 3. The lowest BCUT2D eigenvalue weighted by atomic mass is 10.0. The van der Waals surface area contributed by atoms with Gasteiger partial charge in [-0.25, -0.2) is 4.98 Å². The van der Waals surface area contributed by atoms with Crippen molar-refractivity contribution in [2.24, 2.45) is 0 Å². The van der Waals surface area contributed by atoms with Crippen LogP contribution in [0.4, 0.5) is 13.2 Å². The maximum atomic E-state index is 13.3. The minimum atomic E-state index is -4.51. The minimum Gasteiger partial charge on any atom is -0.438 e. The van der Waals surface area contributed by atoms with Crippen LogP contribution >= 0.6 is 0 Å². The van der Waals surface area contributed by atoms with Gasteiger partial charge in [0.25, 0.3) is 0 Å². The van der Waals surface area contributed by atoms with Crippen LogP contribution < -0.4 is 4.74 Å². The molecule has 0 saturated carbocycles. The first-order chi connectivity index (χ1) is 11.2. The van der Waals surface area contributed by atoms with Gasteiger partial charge in [0.1, 0.15) is 5.75 Å². The molecule has 0 aliphatic heterocycles. The predicted octanol–water partition coefficient (Wildman–Crippen LogP) is 5.44. The molecule has 0 spiro atoms. The standard InChI is InChI=1S/C18H20F3NO2/c1-5-23-16(18(19,20)21)14-10-12(3)22-17(13(14)4)24-15-9-7-6-8-11(15)2/h6-10,16H,5H2,1-4H3. The van der Waals surface area contributed by atoms with Crippen LogP contribution in [0, 0.1) is 20.8 Å².